The number of nitrogens with zero attached hydrogens (tertiary/aromatic N) is 1. The Labute approximate surface area is 187 Å². The number of alkyl halides is 6. The maximum atomic E-state index is 13.1. The maximum Gasteiger partial charge on any atom is 0.416 e. The molecule has 0 spiro atoms. The summed E-state index contributed by atoms with van der Waals surface area (Å²) >= 11 is 0. The Morgan fingerprint density at radius 2 is 1.30 bits per heavy atom. The third-order valence-electron chi connectivity index (χ3n) is 4.33. The Morgan fingerprint density at radius 1 is 0.758 bits per heavy atom. The molecule has 0 saturated heterocycles. The van der Waals surface area contributed by atoms with Gasteiger partial charge in [0.2, 0.25) is 0 Å². The van der Waals surface area contributed by atoms with E-state index in [1.807, 2.05) is 13.8 Å². The van der Waals surface area contributed by atoms with Gasteiger partial charge in [-0.1, -0.05) is 44.2 Å². The molecule has 3 rings (SSSR count). The van der Waals surface area contributed by atoms with Crippen molar-refractivity contribution in [3.8, 4) is 11.5 Å². The summed E-state index contributed by atoms with van der Waals surface area (Å²) in [6.45, 7) is 3.00. The standard InChI is InChI=1S/C22H17F6NO2.C2H6/c23-21(24,25)15-6-4-7-16(12-15)29(14-20(30)22(26,27)28)17-8-5-11-19(13-17)31-18-9-2-1-3-10-18;1-2/h1-13,20,30H,14H2;1-2H3/t20-;/m1./s1. The van der Waals surface area contributed by atoms with Crippen molar-refractivity contribution < 1.29 is 36.2 Å². The van der Waals surface area contributed by atoms with Crippen molar-refractivity contribution in [1.29, 1.82) is 0 Å². The van der Waals surface area contributed by atoms with Gasteiger partial charge in [0.15, 0.2) is 6.10 Å². The van der Waals surface area contributed by atoms with Crippen LogP contribution in [0.3, 0.4) is 0 Å². The minimum Gasteiger partial charge on any atom is -0.457 e. The van der Waals surface area contributed by atoms with Gasteiger partial charge in [0, 0.05) is 17.4 Å². The lowest BCUT2D eigenvalue weighted by Crippen LogP contribution is -2.39. The first-order valence-electron chi connectivity index (χ1n) is 10.1. The number of hydrogen-bond acceptors (Lipinski definition) is 3. The Bertz CT molecular complexity index is 1010. The van der Waals surface area contributed by atoms with Gasteiger partial charge < -0.3 is 14.7 Å². The van der Waals surface area contributed by atoms with Crippen LogP contribution < -0.4 is 9.64 Å². The van der Waals surface area contributed by atoms with Crippen LogP contribution in [-0.4, -0.2) is 23.9 Å². The van der Waals surface area contributed by atoms with Crippen molar-refractivity contribution >= 4 is 11.4 Å². The summed E-state index contributed by atoms with van der Waals surface area (Å²) in [5.74, 6) is 0.739. The summed E-state index contributed by atoms with van der Waals surface area (Å²) in [7, 11) is 0. The van der Waals surface area contributed by atoms with Crippen molar-refractivity contribution in [2.75, 3.05) is 11.4 Å². The van der Waals surface area contributed by atoms with E-state index in [0.29, 0.717) is 5.75 Å². The van der Waals surface area contributed by atoms with Crippen molar-refractivity contribution in [2.45, 2.75) is 32.3 Å². The molecule has 0 aliphatic rings. The predicted molar refractivity (Wildman–Crippen MR) is 115 cm³/mol. The van der Waals surface area contributed by atoms with Gasteiger partial charge in [-0.3, -0.25) is 0 Å². The van der Waals surface area contributed by atoms with Gasteiger partial charge in [-0.05, 0) is 42.5 Å². The molecule has 0 aliphatic carbocycles. The highest BCUT2D eigenvalue weighted by molar-refractivity contribution is 5.65. The molecule has 3 aromatic carbocycles. The van der Waals surface area contributed by atoms with Crippen LogP contribution in [-0.2, 0) is 6.18 Å². The maximum absolute atomic E-state index is 13.1. The fraction of sp³-hybridized carbons (Fsp3) is 0.250. The number of para-hydroxylation sites is 1. The van der Waals surface area contributed by atoms with Crippen LogP contribution in [0.5, 0.6) is 11.5 Å². The van der Waals surface area contributed by atoms with E-state index >= 15 is 0 Å². The molecule has 1 atom stereocenters. The molecule has 178 valence electrons. The fourth-order valence-electron chi connectivity index (χ4n) is 2.83. The van der Waals surface area contributed by atoms with E-state index < -0.39 is 30.6 Å². The average Bonchev–Trinajstić information content (AvgIpc) is 2.78. The molecule has 3 aromatic rings. The zero-order valence-electron chi connectivity index (χ0n) is 17.9. The minimum atomic E-state index is -4.95. The van der Waals surface area contributed by atoms with Crippen LogP contribution in [0.1, 0.15) is 19.4 Å². The van der Waals surface area contributed by atoms with Gasteiger partial charge in [-0.25, -0.2) is 0 Å². The summed E-state index contributed by atoms with van der Waals surface area (Å²) in [6.07, 6.45) is -12.4. The van der Waals surface area contributed by atoms with Crippen LogP contribution in [0.25, 0.3) is 0 Å². The Hall–Kier alpha value is -3.20. The Morgan fingerprint density at radius 3 is 1.88 bits per heavy atom. The highest BCUT2D eigenvalue weighted by Gasteiger charge is 2.40. The number of halogens is 6. The molecular weight excluding hydrogens is 448 g/mol. The average molecular weight is 471 g/mol. The second-order valence-electron chi connectivity index (χ2n) is 6.63. The number of rotatable bonds is 6. The topological polar surface area (TPSA) is 32.7 Å². The Kier molecular flexibility index (Phi) is 8.76. The van der Waals surface area contributed by atoms with Crippen LogP contribution >= 0.6 is 0 Å². The van der Waals surface area contributed by atoms with E-state index in [2.05, 4.69) is 0 Å². The zero-order valence-corrected chi connectivity index (χ0v) is 17.9. The molecule has 0 radical (unpaired) electrons. The van der Waals surface area contributed by atoms with Crippen LogP contribution in [0.15, 0.2) is 78.9 Å². The normalized spacial score (nSPS) is 12.4. The number of benzene rings is 3. The van der Waals surface area contributed by atoms with E-state index in [0.717, 1.165) is 23.1 Å². The largest absolute Gasteiger partial charge is 0.457 e. The smallest absolute Gasteiger partial charge is 0.416 e. The van der Waals surface area contributed by atoms with Crippen molar-refractivity contribution in [3.05, 3.63) is 84.4 Å². The second kappa shape index (κ2) is 11.1. The number of anilines is 2. The van der Waals surface area contributed by atoms with Gasteiger partial charge >= 0.3 is 12.4 Å². The summed E-state index contributed by atoms with van der Waals surface area (Å²) in [4.78, 5) is 0.964. The lowest BCUT2D eigenvalue weighted by Gasteiger charge is -2.29. The van der Waals surface area contributed by atoms with Gasteiger partial charge in [0.25, 0.3) is 0 Å². The van der Waals surface area contributed by atoms with E-state index in [-0.39, 0.29) is 17.1 Å². The molecule has 33 heavy (non-hydrogen) atoms. The molecule has 0 aromatic heterocycles. The van der Waals surface area contributed by atoms with E-state index in [4.69, 9.17) is 4.74 Å². The SMILES string of the molecule is CC.O[C@H](CN(c1cccc(Oc2ccccc2)c1)c1cccc(C(F)(F)F)c1)C(F)(F)F. The van der Waals surface area contributed by atoms with Gasteiger partial charge in [-0.15, -0.1) is 0 Å². The monoisotopic (exact) mass is 471 g/mol. The lowest BCUT2D eigenvalue weighted by atomic mass is 10.1. The van der Waals surface area contributed by atoms with Crippen LogP contribution in [0, 0.1) is 0 Å². The number of aliphatic hydroxyl groups is 1. The van der Waals surface area contributed by atoms with Crippen LogP contribution in [0.2, 0.25) is 0 Å². The van der Waals surface area contributed by atoms with Gasteiger partial charge in [-0.2, -0.15) is 26.3 Å². The van der Waals surface area contributed by atoms with Crippen molar-refractivity contribution in [3.63, 3.8) is 0 Å². The van der Waals surface area contributed by atoms with Crippen molar-refractivity contribution in [1.82, 2.24) is 0 Å². The molecule has 0 bridgehead atoms. The molecule has 3 nitrogen and oxygen atoms in total. The van der Waals surface area contributed by atoms with E-state index in [1.165, 1.54) is 24.3 Å². The highest BCUT2D eigenvalue weighted by atomic mass is 19.4. The molecular formula is C24H23F6NO2. The highest BCUT2D eigenvalue weighted by Crippen LogP contribution is 2.36. The van der Waals surface area contributed by atoms with Gasteiger partial charge in [0.1, 0.15) is 11.5 Å². The first-order chi connectivity index (χ1) is 15.5. The first-order valence-corrected chi connectivity index (χ1v) is 10.1. The van der Waals surface area contributed by atoms with E-state index in [9.17, 15) is 31.4 Å². The first kappa shape index (κ1) is 26.1. The van der Waals surface area contributed by atoms with Crippen molar-refractivity contribution in [2.24, 2.45) is 0 Å². The zero-order chi connectivity index (χ0) is 24.6. The lowest BCUT2D eigenvalue weighted by molar-refractivity contribution is -0.199. The second-order valence-corrected chi connectivity index (χ2v) is 6.63. The number of aliphatic hydroxyl groups excluding tert-OH is 1. The molecule has 9 heteroatoms. The number of hydrogen-bond donors (Lipinski definition) is 1. The summed E-state index contributed by atoms with van der Waals surface area (Å²) in [5.41, 5.74) is -1.06. The summed E-state index contributed by atoms with van der Waals surface area (Å²) < 4.78 is 84.0. The molecule has 1 N–H and O–H groups in total. The fourth-order valence-corrected chi connectivity index (χ4v) is 2.83. The van der Waals surface area contributed by atoms with Gasteiger partial charge in [0.05, 0.1) is 12.1 Å². The quantitative estimate of drug-likeness (QED) is 0.376. The molecule has 0 fully saturated rings. The molecule has 0 saturated carbocycles. The molecule has 0 unspecified atom stereocenters. The summed E-state index contributed by atoms with van der Waals surface area (Å²) in [6, 6.07) is 18.3. The number of ether oxygens (including phenoxy) is 1. The van der Waals surface area contributed by atoms with E-state index in [1.54, 1.807) is 36.4 Å². The minimum absolute atomic E-state index is 0.121. The molecule has 0 amide bonds. The Balaban J connectivity index is 0.00000187. The molecule has 0 heterocycles. The summed E-state index contributed by atoms with van der Waals surface area (Å²) in [5, 5.41) is 9.59. The molecule has 0 aliphatic heterocycles. The third kappa shape index (κ3) is 7.42. The predicted octanol–water partition coefficient (Wildman–Crippen LogP) is 7.59. The van der Waals surface area contributed by atoms with Crippen LogP contribution in [0.4, 0.5) is 37.7 Å². The third-order valence-corrected chi connectivity index (χ3v) is 4.33.